The van der Waals surface area contributed by atoms with Crippen LogP contribution in [0.2, 0.25) is 0 Å². The molecule has 2 amide bonds. The van der Waals surface area contributed by atoms with Gasteiger partial charge in [0.25, 0.3) is 5.91 Å². The highest BCUT2D eigenvalue weighted by atomic mass is 16.5. The molecule has 0 unspecified atom stereocenters. The molecule has 0 spiro atoms. The number of hydrogen-bond donors (Lipinski definition) is 2. The van der Waals surface area contributed by atoms with Gasteiger partial charge >= 0.3 is 0 Å². The first kappa shape index (κ1) is 19.2. The van der Waals surface area contributed by atoms with Gasteiger partial charge < -0.3 is 13.7 Å². The summed E-state index contributed by atoms with van der Waals surface area (Å²) < 4.78 is 15.7. The number of aryl methyl sites for hydroxylation is 3. The van der Waals surface area contributed by atoms with Crippen LogP contribution in [0.5, 0.6) is 5.75 Å². The van der Waals surface area contributed by atoms with Crippen molar-refractivity contribution >= 4 is 11.8 Å². The molecule has 146 valence electrons. The molecular formula is C19H20N4O5. The van der Waals surface area contributed by atoms with E-state index >= 15 is 0 Å². The summed E-state index contributed by atoms with van der Waals surface area (Å²) in [7, 11) is 0. The molecule has 2 aromatic heterocycles. The van der Waals surface area contributed by atoms with E-state index in [1.165, 1.54) is 6.26 Å². The van der Waals surface area contributed by atoms with Crippen LogP contribution in [0.4, 0.5) is 0 Å². The van der Waals surface area contributed by atoms with Crippen molar-refractivity contribution in [2.45, 2.75) is 26.7 Å². The first-order chi connectivity index (χ1) is 13.5. The standard InChI is InChI=1S/C19H20N4O5/c1-12-8-13(2)10-14(9-12)27-11-17(25)22-21-16(24)5-6-18-20-19(23-28-18)15-4-3-7-26-15/h3-4,7-10H,5-6,11H2,1-2H3,(H,21,24)(H,22,25). The predicted octanol–water partition coefficient (Wildman–Crippen LogP) is 2.11. The van der Waals surface area contributed by atoms with E-state index in [1.807, 2.05) is 32.0 Å². The molecule has 3 rings (SSSR count). The largest absolute Gasteiger partial charge is 0.484 e. The lowest BCUT2D eigenvalue weighted by Crippen LogP contribution is -2.43. The van der Waals surface area contributed by atoms with E-state index in [4.69, 9.17) is 13.7 Å². The molecular weight excluding hydrogens is 364 g/mol. The summed E-state index contributed by atoms with van der Waals surface area (Å²) in [4.78, 5) is 27.8. The fourth-order valence-corrected chi connectivity index (χ4v) is 2.49. The van der Waals surface area contributed by atoms with Gasteiger partial charge in [-0.25, -0.2) is 0 Å². The second-order valence-electron chi connectivity index (χ2n) is 6.20. The highest BCUT2D eigenvalue weighted by Gasteiger charge is 2.13. The summed E-state index contributed by atoms with van der Waals surface area (Å²) in [6, 6.07) is 9.09. The molecule has 2 N–H and O–H groups in total. The Balaban J connectivity index is 1.37. The maximum Gasteiger partial charge on any atom is 0.276 e. The molecule has 0 bridgehead atoms. The second kappa shape index (κ2) is 8.85. The highest BCUT2D eigenvalue weighted by molar-refractivity contribution is 5.82. The smallest absolute Gasteiger partial charge is 0.276 e. The molecule has 0 radical (unpaired) electrons. The number of carbonyl (C=O) groups excluding carboxylic acids is 2. The topological polar surface area (TPSA) is 119 Å². The fraction of sp³-hybridized carbons (Fsp3) is 0.263. The summed E-state index contributed by atoms with van der Waals surface area (Å²) in [5, 5.41) is 3.78. The lowest BCUT2D eigenvalue weighted by Gasteiger charge is -2.09. The minimum absolute atomic E-state index is 0.0675. The molecule has 0 aliphatic heterocycles. The summed E-state index contributed by atoms with van der Waals surface area (Å²) >= 11 is 0. The molecule has 0 saturated heterocycles. The van der Waals surface area contributed by atoms with Gasteiger partial charge in [-0.3, -0.25) is 20.4 Å². The minimum atomic E-state index is -0.467. The van der Waals surface area contributed by atoms with Crippen LogP contribution in [0.1, 0.15) is 23.4 Å². The van der Waals surface area contributed by atoms with Crippen molar-refractivity contribution in [3.05, 3.63) is 53.6 Å². The van der Waals surface area contributed by atoms with E-state index < -0.39 is 11.8 Å². The average Bonchev–Trinajstić information content (AvgIpc) is 3.33. The molecule has 3 aromatic rings. The minimum Gasteiger partial charge on any atom is -0.484 e. The van der Waals surface area contributed by atoms with Crippen LogP contribution >= 0.6 is 0 Å². The summed E-state index contributed by atoms with van der Waals surface area (Å²) in [6.07, 6.45) is 1.80. The van der Waals surface area contributed by atoms with Crippen LogP contribution in [0, 0.1) is 13.8 Å². The van der Waals surface area contributed by atoms with E-state index in [0.29, 0.717) is 23.2 Å². The van der Waals surface area contributed by atoms with Gasteiger partial charge in [0.15, 0.2) is 12.4 Å². The van der Waals surface area contributed by atoms with Crippen molar-refractivity contribution in [1.29, 1.82) is 0 Å². The van der Waals surface area contributed by atoms with Crippen molar-refractivity contribution in [3.8, 4) is 17.3 Å². The van der Waals surface area contributed by atoms with Crippen molar-refractivity contribution in [1.82, 2.24) is 21.0 Å². The predicted molar refractivity (Wildman–Crippen MR) is 98.0 cm³/mol. The Morgan fingerprint density at radius 1 is 1.11 bits per heavy atom. The number of hydrazine groups is 1. The summed E-state index contributed by atoms with van der Waals surface area (Å²) in [5.74, 6) is 0.837. The number of nitrogens with one attached hydrogen (secondary N) is 2. The Morgan fingerprint density at radius 3 is 2.57 bits per heavy atom. The van der Waals surface area contributed by atoms with Crippen molar-refractivity contribution in [2.75, 3.05) is 6.61 Å². The van der Waals surface area contributed by atoms with Gasteiger partial charge in [-0.05, 0) is 49.2 Å². The van der Waals surface area contributed by atoms with Crippen LogP contribution in [-0.2, 0) is 16.0 Å². The molecule has 0 aliphatic carbocycles. The van der Waals surface area contributed by atoms with Crippen molar-refractivity contribution in [3.63, 3.8) is 0 Å². The van der Waals surface area contributed by atoms with Gasteiger partial charge in [-0.15, -0.1) is 0 Å². The third kappa shape index (κ3) is 5.44. The van der Waals surface area contributed by atoms with E-state index in [0.717, 1.165) is 11.1 Å². The Hall–Kier alpha value is -3.62. The number of benzene rings is 1. The van der Waals surface area contributed by atoms with E-state index in [2.05, 4.69) is 21.0 Å². The molecule has 0 saturated carbocycles. The number of rotatable bonds is 7. The van der Waals surface area contributed by atoms with Gasteiger partial charge in [0.1, 0.15) is 5.75 Å². The first-order valence-electron chi connectivity index (χ1n) is 8.65. The zero-order valence-electron chi connectivity index (χ0n) is 15.5. The van der Waals surface area contributed by atoms with Crippen LogP contribution < -0.4 is 15.6 Å². The van der Waals surface area contributed by atoms with E-state index in [9.17, 15) is 9.59 Å². The first-order valence-corrected chi connectivity index (χ1v) is 8.65. The van der Waals surface area contributed by atoms with Crippen LogP contribution in [-0.4, -0.2) is 28.6 Å². The second-order valence-corrected chi connectivity index (χ2v) is 6.20. The third-order valence-electron chi connectivity index (χ3n) is 3.68. The zero-order valence-corrected chi connectivity index (χ0v) is 15.5. The highest BCUT2D eigenvalue weighted by Crippen LogP contribution is 2.17. The number of amides is 2. The molecule has 1 aromatic carbocycles. The Bertz CT molecular complexity index is 929. The van der Waals surface area contributed by atoms with E-state index in [1.54, 1.807) is 12.1 Å². The van der Waals surface area contributed by atoms with Gasteiger partial charge in [-0.2, -0.15) is 4.98 Å². The number of aromatic nitrogens is 2. The number of carbonyl (C=O) groups is 2. The molecule has 0 fully saturated rings. The quantitative estimate of drug-likeness (QED) is 0.599. The zero-order chi connectivity index (χ0) is 19.9. The average molecular weight is 384 g/mol. The molecule has 28 heavy (non-hydrogen) atoms. The van der Waals surface area contributed by atoms with Crippen LogP contribution in [0.3, 0.4) is 0 Å². The fourth-order valence-electron chi connectivity index (χ4n) is 2.49. The van der Waals surface area contributed by atoms with Crippen LogP contribution in [0.15, 0.2) is 45.5 Å². The maximum atomic E-state index is 11.8. The van der Waals surface area contributed by atoms with Gasteiger partial charge in [-0.1, -0.05) is 11.2 Å². The number of furan rings is 1. The molecule has 9 heteroatoms. The van der Waals surface area contributed by atoms with Crippen molar-refractivity contribution in [2.24, 2.45) is 0 Å². The summed E-state index contributed by atoms with van der Waals surface area (Å²) in [5.41, 5.74) is 6.70. The van der Waals surface area contributed by atoms with Crippen molar-refractivity contribution < 1.29 is 23.3 Å². The lowest BCUT2D eigenvalue weighted by molar-refractivity contribution is -0.130. The Labute approximate surface area is 161 Å². The normalized spacial score (nSPS) is 10.5. The Kier molecular flexibility index (Phi) is 6.05. The van der Waals surface area contributed by atoms with Gasteiger partial charge in [0.05, 0.1) is 6.26 Å². The van der Waals surface area contributed by atoms with E-state index in [-0.39, 0.29) is 19.4 Å². The Morgan fingerprint density at radius 2 is 1.86 bits per heavy atom. The maximum absolute atomic E-state index is 11.8. The van der Waals surface area contributed by atoms with Gasteiger partial charge in [0, 0.05) is 12.8 Å². The number of ether oxygens (including phenoxy) is 1. The molecule has 2 heterocycles. The SMILES string of the molecule is Cc1cc(C)cc(OCC(=O)NNC(=O)CCc2nc(-c3ccco3)no2)c1. The van der Waals surface area contributed by atoms with Crippen LogP contribution in [0.25, 0.3) is 11.6 Å². The molecule has 0 aliphatic rings. The molecule has 0 atom stereocenters. The molecule has 9 nitrogen and oxygen atoms in total. The third-order valence-corrected chi connectivity index (χ3v) is 3.68. The lowest BCUT2D eigenvalue weighted by atomic mass is 10.1. The number of hydrogen-bond acceptors (Lipinski definition) is 7. The summed E-state index contributed by atoms with van der Waals surface area (Å²) in [6.45, 7) is 3.68. The van der Waals surface area contributed by atoms with Gasteiger partial charge in [0.2, 0.25) is 17.6 Å². The monoisotopic (exact) mass is 384 g/mol. The number of nitrogens with zero attached hydrogens (tertiary/aromatic N) is 2.